The number of nitrogens with zero attached hydrogens (tertiary/aromatic N) is 2. The average Bonchev–Trinajstić information content (AvgIpc) is 3.17. The van der Waals surface area contributed by atoms with E-state index >= 15 is 0 Å². The Bertz CT molecular complexity index is 804. The molecule has 1 aromatic carbocycles. The van der Waals surface area contributed by atoms with E-state index in [0.29, 0.717) is 10.8 Å². The van der Waals surface area contributed by atoms with Crippen molar-refractivity contribution in [3.8, 4) is 11.4 Å². The second kappa shape index (κ2) is 6.60. The lowest BCUT2D eigenvalue weighted by Gasteiger charge is -2.04. The van der Waals surface area contributed by atoms with Crippen LogP contribution in [0.2, 0.25) is 5.02 Å². The largest absolute Gasteiger partial charge is 0.452 e. The van der Waals surface area contributed by atoms with Gasteiger partial charge in [0.15, 0.2) is 6.61 Å². The molecule has 2 aromatic heterocycles. The highest BCUT2D eigenvalue weighted by atomic mass is 79.9. The predicted molar refractivity (Wildman–Crippen MR) is 85.9 cm³/mol. The molecule has 0 radical (unpaired) electrons. The van der Waals surface area contributed by atoms with Gasteiger partial charge in [0.1, 0.15) is 0 Å². The van der Waals surface area contributed by atoms with Gasteiger partial charge in [0.05, 0.1) is 10.6 Å². The van der Waals surface area contributed by atoms with Gasteiger partial charge in [-0.15, -0.1) is 0 Å². The van der Waals surface area contributed by atoms with Crippen molar-refractivity contribution in [2.45, 2.75) is 6.61 Å². The summed E-state index contributed by atoms with van der Waals surface area (Å²) in [6.45, 7) is -0.112. The molecule has 3 rings (SSSR count). The second-order valence-corrected chi connectivity index (χ2v) is 6.33. The summed E-state index contributed by atoms with van der Waals surface area (Å²) in [5.41, 5.74) is 1.13. The zero-order chi connectivity index (χ0) is 15.5. The lowest BCUT2D eigenvalue weighted by Crippen LogP contribution is -2.06. The van der Waals surface area contributed by atoms with Gasteiger partial charge in [-0.2, -0.15) is 16.3 Å². The molecule has 112 valence electrons. The summed E-state index contributed by atoms with van der Waals surface area (Å²) in [6, 6.07) is 6.83. The van der Waals surface area contributed by atoms with Gasteiger partial charge in [0.25, 0.3) is 5.89 Å². The van der Waals surface area contributed by atoms with Gasteiger partial charge in [-0.3, -0.25) is 0 Å². The van der Waals surface area contributed by atoms with Crippen molar-refractivity contribution in [3.05, 3.63) is 56.0 Å². The molecule has 0 spiro atoms. The number of halogens is 2. The van der Waals surface area contributed by atoms with Gasteiger partial charge in [-0.05, 0) is 29.6 Å². The van der Waals surface area contributed by atoms with Crippen molar-refractivity contribution in [1.82, 2.24) is 10.1 Å². The molecule has 0 bridgehead atoms. The first-order chi connectivity index (χ1) is 10.6. The quantitative estimate of drug-likeness (QED) is 0.601. The minimum atomic E-state index is -0.554. The lowest BCUT2D eigenvalue weighted by molar-refractivity contribution is 0.0430. The van der Waals surface area contributed by atoms with E-state index in [4.69, 9.17) is 20.9 Å². The molecule has 0 saturated carbocycles. The molecule has 0 aliphatic rings. The van der Waals surface area contributed by atoms with Gasteiger partial charge in [0, 0.05) is 15.4 Å². The summed E-state index contributed by atoms with van der Waals surface area (Å²) in [6.07, 6.45) is 0. The molecule has 0 aliphatic heterocycles. The maximum absolute atomic E-state index is 12.0. The van der Waals surface area contributed by atoms with Crippen molar-refractivity contribution >= 4 is 44.8 Å². The predicted octanol–water partition coefficient (Wildman–Crippen LogP) is 4.57. The SMILES string of the molecule is O=C(OCc1nc(-c2ccsc2)no1)c1cc(Br)ccc1Cl. The number of hydrogen-bond donors (Lipinski definition) is 0. The number of carbonyl (C=O) groups excluding carboxylic acids is 1. The summed E-state index contributed by atoms with van der Waals surface area (Å²) in [5.74, 6) is 0.134. The van der Waals surface area contributed by atoms with Crippen molar-refractivity contribution < 1.29 is 14.1 Å². The molecule has 0 N–H and O–H groups in total. The molecule has 0 amide bonds. The van der Waals surface area contributed by atoms with Crippen molar-refractivity contribution in [2.24, 2.45) is 0 Å². The minimum Gasteiger partial charge on any atom is -0.452 e. The Morgan fingerprint density at radius 2 is 2.27 bits per heavy atom. The number of esters is 1. The molecule has 5 nitrogen and oxygen atoms in total. The average molecular weight is 400 g/mol. The second-order valence-electron chi connectivity index (χ2n) is 4.22. The van der Waals surface area contributed by atoms with E-state index in [1.165, 1.54) is 11.3 Å². The van der Waals surface area contributed by atoms with E-state index in [2.05, 4.69) is 26.1 Å². The maximum atomic E-state index is 12.0. The first-order valence-electron chi connectivity index (χ1n) is 6.11. The molecular weight excluding hydrogens is 392 g/mol. The minimum absolute atomic E-state index is 0.112. The third-order valence-electron chi connectivity index (χ3n) is 2.72. The van der Waals surface area contributed by atoms with Crippen LogP contribution in [0.3, 0.4) is 0 Å². The van der Waals surface area contributed by atoms with Crippen LogP contribution in [0.25, 0.3) is 11.4 Å². The topological polar surface area (TPSA) is 65.2 Å². The number of rotatable bonds is 4. The van der Waals surface area contributed by atoms with E-state index < -0.39 is 5.97 Å². The number of thiophene rings is 1. The summed E-state index contributed by atoms with van der Waals surface area (Å²) in [7, 11) is 0. The summed E-state index contributed by atoms with van der Waals surface area (Å²) in [5, 5.41) is 7.98. The van der Waals surface area contributed by atoms with E-state index in [0.717, 1.165) is 10.0 Å². The molecule has 2 heterocycles. The van der Waals surface area contributed by atoms with Crippen molar-refractivity contribution in [1.29, 1.82) is 0 Å². The van der Waals surface area contributed by atoms with Crippen molar-refractivity contribution in [2.75, 3.05) is 0 Å². The fourth-order valence-electron chi connectivity index (χ4n) is 1.68. The van der Waals surface area contributed by atoms with Crippen LogP contribution in [0.5, 0.6) is 0 Å². The normalized spacial score (nSPS) is 10.6. The molecule has 22 heavy (non-hydrogen) atoms. The smallest absolute Gasteiger partial charge is 0.340 e. The van der Waals surface area contributed by atoms with Gasteiger partial charge in [-0.25, -0.2) is 4.79 Å². The lowest BCUT2D eigenvalue weighted by atomic mass is 10.2. The Balaban J connectivity index is 1.67. The monoisotopic (exact) mass is 398 g/mol. The summed E-state index contributed by atoms with van der Waals surface area (Å²) >= 11 is 10.8. The molecular formula is C14H8BrClN2O3S. The maximum Gasteiger partial charge on any atom is 0.340 e. The number of aromatic nitrogens is 2. The Kier molecular flexibility index (Phi) is 4.56. The Morgan fingerprint density at radius 3 is 3.05 bits per heavy atom. The fraction of sp³-hybridized carbons (Fsp3) is 0.0714. The van der Waals surface area contributed by atoms with Gasteiger partial charge < -0.3 is 9.26 Å². The van der Waals surface area contributed by atoms with Crippen LogP contribution in [-0.2, 0) is 11.3 Å². The number of hydrogen-bond acceptors (Lipinski definition) is 6. The highest BCUT2D eigenvalue weighted by Gasteiger charge is 2.15. The third kappa shape index (κ3) is 3.37. The van der Waals surface area contributed by atoms with Crippen LogP contribution >= 0.6 is 38.9 Å². The number of carbonyl (C=O) groups is 1. The third-order valence-corrected chi connectivity index (χ3v) is 4.23. The summed E-state index contributed by atoms with van der Waals surface area (Å²) in [4.78, 5) is 16.2. The molecule has 0 aliphatic carbocycles. The first kappa shape index (κ1) is 15.2. The Morgan fingerprint density at radius 1 is 1.41 bits per heavy atom. The summed E-state index contributed by atoms with van der Waals surface area (Å²) < 4.78 is 10.9. The standard InChI is InChI=1S/C14H8BrClN2O3S/c15-9-1-2-11(16)10(5-9)14(19)20-6-12-17-13(18-21-12)8-3-4-22-7-8/h1-5,7H,6H2. The fourth-order valence-corrected chi connectivity index (χ4v) is 2.87. The van der Waals surface area contributed by atoms with Crippen molar-refractivity contribution in [3.63, 3.8) is 0 Å². The Hall–Kier alpha value is -1.70. The zero-order valence-electron chi connectivity index (χ0n) is 11.0. The number of ether oxygens (including phenoxy) is 1. The van der Waals surface area contributed by atoms with Gasteiger partial charge >= 0.3 is 5.97 Å². The highest BCUT2D eigenvalue weighted by molar-refractivity contribution is 9.10. The van der Waals surface area contributed by atoms with Gasteiger partial charge in [0.2, 0.25) is 5.82 Å². The van der Waals surface area contributed by atoms with E-state index in [1.807, 2.05) is 16.8 Å². The van der Waals surface area contributed by atoms with Crippen LogP contribution in [0.15, 0.2) is 44.0 Å². The Labute approximate surface area is 143 Å². The van der Waals surface area contributed by atoms with E-state index in [-0.39, 0.29) is 18.1 Å². The molecule has 0 atom stereocenters. The highest BCUT2D eigenvalue weighted by Crippen LogP contribution is 2.22. The molecule has 3 aromatic rings. The molecule has 0 fully saturated rings. The molecule has 0 saturated heterocycles. The number of benzene rings is 1. The molecule has 0 unspecified atom stereocenters. The van der Waals surface area contributed by atoms with Crippen LogP contribution in [0.1, 0.15) is 16.2 Å². The first-order valence-corrected chi connectivity index (χ1v) is 8.22. The van der Waals surface area contributed by atoms with Crippen LogP contribution < -0.4 is 0 Å². The van der Waals surface area contributed by atoms with E-state index in [1.54, 1.807) is 18.2 Å². The van der Waals surface area contributed by atoms with Gasteiger partial charge in [-0.1, -0.05) is 32.7 Å². The zero-order valence-corrected chi connectivity index (χ0v) is 14.1. The van der Waals surface area contributed by atoms with E-state index in [9.17, 15) is 4.79 Å². The van der Waals surface area contributed by atoms with Crippen LogP contribution in [-0.4, -0.2) is 16.1 Å². The van der Waals surface area contributed by atoms with Crippen LogP contribution in [0, 0.1) is 0 Å². The van der Waals surface area contributed by atoms with Crippen LogP contribution in [0.4, 0.5) is 0 Å². The molecule has 8 heteroatoms.